The predicted octanol–water partition coefficient (Wildman–Crippen LogP) is -2.05. The van der Waals surface area contributed by atoms with Crippen molar-refractivity contribution in [1.82, 2.24) is 10.4 Å². The van der Waals surface area contributed by atoms with Crippen LogP contribution in [0.3, 0.4) is 0 Å². The van der Waals surface area contributed by atoms with Crippen LogP contribution in [0.2, 0.25) is 0 Å². The minimum absolute atomic E-state index is 0.125. The number of amides is 2. The summed E-state index contributed by atoms with van der Waals surface area (Å²) < 4.78 is 0. The van der Waals surface area contributed by atoms with E-state index in [0.717, 1.165) is 0 Å². The molecule has 1 aromatic rings. The number of hydrogen-bond acceptors (Lipinski definition) is 6. The fourth-order valence-electron chi connectivity index (χ4n) is 1.37. The molecule has 0 aromatic carbocycles. The number of hydrogen-bond donors (Lipinski definition) is 5. The summed E-state index contributed by atoms with van der Waals surface area (Å²) >= 11 is 0. The third-order valence-corrected chi connectivity index (χ3v) is 2.27. The third kappa shape index (κ3) is 3.48. The molecule has 2 atom stereocenters. The number of nitrogens with zero attached hydrogens (tertiary/aromatic N) is 1. The number of hydrazine groups is 1. The normalized spacial score (nSPS) is 13.7. The van der Waals surface area contributed by atoms with Gasteiger partial charge in [0.25, 0.3) is 5.91 Å². The summed E-state index contributed by atoms with van der Waals surface area (Å²) in [4.78, 5) is 25.6. The van der Waals surface area contributed by atoms with E-state index in [1.807, 2.05) is 5.43 Å². The Kier molecular flexibility index (Phi) is 4.72. The number of aromatic nitrogens is 1. The van der Waals surface area contributed by atoms with Crippen molar-refractivity contribution in [2.75, 3.05) is 0 Å². The molecule has 0 radical (unpaired) electrons. The van der Waals surface area contributed by atoms with Crippen LogP contribution in [0.4, 0.5) is 0 Å². The first-order chi connectivity index (χ1) is 8.45. The van der Waals surface area contributed by atoms with Crippen molar-refractivity contribution in [3.63, 3.8) is 0 Å². The van der Waals surface area contributed by atoms with E-state index in [2.05, 4.69) is 4.98 Å². The molecular weight excluding hydrogens is 240 g/mol. The van der Waals surface area contributed by atoms with Crippen LogP contribution in [0.15, 0.2) is 18.5 Å². The first-order valence-electron chi connectivity index (χ1n) is 5.06. The average molecular weight is 254 g/mol. The van der Waals surface area contributed by atoms with Crippen molar-refractivity contribution < 1.29 is 19.8 Å². The number of rotatable bonds is 5. The molecule has 0 aliphatic carbocycles. The van der Waals surface area contributed by atoms with Gasteiger partial charge in [-0.15, -0.1) is 0 Å². The Morgan fingerprint density at radius 2 is 2.06 bits per heavy atom. The van der Waals surface area contributed by atoms with Crippen molar-refractivity contribution >= 4 is 11.8 Å². The van der Waals surface area contributed by atoms with Crippen molar-refractivity contribution in [3.8, 4) is 0 Å². The monoisotopic (exact) mass is 254 g/mol. The maximum atomic E-state index is 11.2. The molecule has 0 saturated heterocycles. The van der Waals surface area contributed by atoms with Crippen LogP contribution in [-0.4, -0.2) is 33.1 Å². The largest absolute Gasteiger partial charge is 0.390 e. The quantitative estimate of drug-likeness (QED) is 0.232. The van der Waals surface area contributed by atoms with Gasteiger partial charge in [-0.1, -0.05) is 0 Å². The number of nitrogen functional groups attached to an aromatic ring is 1. The molecule has 8 nitrogen and oxygen atoms in total. The van der Waals surface area contributed by atoms with Gasteiger partial charge in [-0.25, -0.2) is 5.84 Å². The van der Waals surface area contributed by atoms with E-state index in [0.29, 0.717) is 0 Å². The molecule has 2 amide bonds. The molecule has 1 heterocycles. The highest BCUT2D eigenvalue weighted by molar-refractivity contribution is 5.93. The Morgan fingerprint density at radius 3 is 2.61 bits per heavy atom. The van der Waals surface area contributed by atoms with Crippen molar-refractivity contribution in [2.24, 2.45) is 11.6 Å². The zero-order valence-corrected chi connectivity index (χ0v) is 9.41. The highest BCUT2D eigenvalue weighted by atomic mass is 16.3. The average Bonchev–Trinajstić information content (AvgIpc) is 2.36. The number of pyridine rings is 1. The molecule has 1 aromatic heterocycles. The number of carbonyl (C=O) groups excluding carboxylic acids is 2. The molecule has 0 saturated carbocycles. The number of carbonyl (C=O) groups is 2. The van der Waals surface area contributed by atoms with Crippen LogP contribution in [0.25, 0.3) is 0 Å². The first kappa shape index (κ1) is 14.0. The summed E-state index contributed by atoms with van der Waals surface area (Å²) in [6.07, 6.45) is -0.605. The predicted molar refractivity (Wildman–Crippen MR) is 60.7 cm³/mol. The molecule has 98 valence electrons. The Bertz CT molecular complexity index is 451. The van der Waals surface area contributed by atoms with Gasteiger partial charge in [0.15, 0.2) is 0 Å². The van der Waals surface area contributed by atoms with Crippen molar-refractivity contribution in [1.29, 1.82) is 0 Å². The molecule has 0 bridgehead atoms. The van der Waals surface area contributed by atoms with Gasteiger partial charge in [0.05, 0.1) is 18.1 Å². The van der Waals surface area contributed by atoms with Crippen LogP contribution in [-0.2, 0) is 4.79 Å². The van der Waals surface area contributed by atoms with Crippen molar-refractivity contribution in [2.45, 2.75) is 18.6 Å². The lowest BCUT2D eigenvalue weighted by molar-refractivity contribution is -0.121. The molecule has 1 rings (SSSR count). The molecule has 2 unspecified atom stereocenters. The Balaban J connectivity index is 2.89. The van der Waals surface area contributed by atoms with Crippen LogP contribution in [0.1, 0.15) is 28.4 Å². The second-order valence-electron chi connectivity index (χ2n) is 3.66. The van der Waals surface area contributed by atoms with E-state index >= 15 is 0 Å². The summed E-state index contributed by atoms with van der Waals surface area (Å²) in [7, 11) is 0. The lowest BCUT2D eigenvalue weighted by Crippen LogP contribution is -2.30. The van der Waals surface area contributed by atoms with Gasteiger partial charge in [0, 0.05) is 18.0 Å². The molecule has 7 N–H and O–H groups in total. The van der Waals surface area contributed by atoms with E-state index in [1.165, 1.54) is 18.5 Å². The minimum atomic E-state index is -1.37. The lowest BCUT2D eigenvalue weighted by atomic mass is 10.0. The maximum absolute atomic E-state index is 11.2. The molecule has 0 aliphatic rings. The highest BCUT2D eigenvalue weighted by Crippen LogP contribution is 2.18. The maximum Gasteiger partial charge on any atom is 0.266 e. The number of aliphatic hydroxyl groups is 2. The summed E-state index contributed by atoms with van der Waals surface area (Å²) in [6, 6.07) is 1.31. The molecule has 0 aliphatic heterocycles. The van der Waals surface area contributed by atoms with Crippen LogP contribution in [0, 0.1) is 0 Å². The van der Waals surface area contributed by atoms with E-state index in [-0.39, 0.29) is 11.1 Å². The summed E-state index contributed by atoms with van der Waals surface area (Å²) in [6.45, 7) is 0. The molecule has 18 heavy (non-hydrogen) atoms. The summed E-state index contributed by atoms with van der Waals surface area (Å²) in [5.74, 6) is 3.63. The Hall–Kier alpha value is -2.03. The smallest absolute Gasteiger partial charge is 0.266 e. The van der Waals surface area contributed by atoms with Gasteiger partial charge in [-0.05, 0) is 6.07 Å². The fourth-order valence-corrected chi connectivity index (χ4v) is 1.37. The molecular formula is C10H14N4O4. The van der Waals surface area contributed by atoms with Gasteiger partial charge >= 0.3 is 0 Å². The van der Waals surface area contributed by atoms with E-state index in [1.54, 1.807) is 0 Å². The number of primary amides is 1. The second kappa shape index (κ2) is 6.05. The first-order valence-corrected chi connectivity index (χ1v) is 5.06. The summed E-state index contributed by atoms with van der Waals surface area (Å²) in [5.41, 5.74) is 7.12. The Morgan fingerprint density at radius 1 is 1.39 bits per heavy atom. The van der Waals surface area contributed by atoms with E-state index < -0.39 is 30.4 Å². The van der Waals surface area contributed by atoms with Crippen LogP contribution >= 0.6 is 0 Å². The van der Waals surface area contributed by atoms with E-state index in [9.17, 15) is 19.8 Å². The number of nitrogens with one attached hydrogen (secondary N) is 1. The van der Waals surface area contributed by atoms with Gasteiger partial charge in [-0.2, -0.15) is 0 Å². The minimum Gasteiger partial charge on any atom is -0.390 e. The highest BCUT2D eigenvalue weighted by Gasteiger charge is 2.21. The topological polar surface area (TPSA) is 152 Å². The number of nitrogens with two attached hydrogens (primary N) is 2. The second-order valence-corrected chi connectivity index (χ2v) is 3.66. The van der Waals surface area contributed by atoms with Gasteiger partial charge in [-0.3, -0.25) is 20.0 Å². The fraction of sp³-hybridized carbons (Fsp3) is 0.300. The molecule has 0 fully saturated rings. The van der Waals surface area contributed by atoms with Gasteiger partial charge < -0.3 is 15.9 Å². The van der Waals surface area contributed by atoms with Crippen molar-refractivity contribution in [3.05, 3.63) is 29.6 Å². The lowest BCUT2D eigenvalue weighted by Gasteiger charge is -2.16. The summed E-state index contributed by atoms with van der Waals surface area (Å²) in [5, 5.41) is 19.3. The third-order valence-electron chi connectivity index (χ3n) is 2.27. The van der Waals surface area contributed by atoms with E-state index in [4.69, 9.17) is 11.6 Å². The number of aliphatic hydroxyl groups excluding tert-OH is 2. The zero-order valence-electron chi connectivity index (χ0n) is 9.41. The zero-order chi connectivity index (χ0) is 13.7. The SMILES string of the molecule is NNC(=O)c1cncc(C(O)C(O)CC(N)=O)c1. The standard InChI is InChI=1S/C10H14N4O4/c11-8(16)2-7(15)9(17)5-1-6(4-13-3-5)10(18)14-12/h1,3-4,7,9,15,17H,2,12H2,(H2,11,16)(H,14,18). The van der Waals surface area contributed by atoms with Crippen LogP contribution in [0.5, 0.6) is 0 Å². The van der Waals surface area contributed by atoms with Crippen LogP contribution < -0.4 is 17.0 Å². The molecule has 8 heteroatoms. The Labute approximate surface area is 103 Å². The van der Waals surface area contributed by atoms with Gasteiger partial charge in [0.1, 0.15) is 6.10 Å². The molecule has 0 spiro atoms. The van der Waals surface area contributed by atoms with Gasteiger partial charge in [0.2, 0.25) is 5.91 Å².